The number of carbonyl (C=O) groups is 1. The highest BCUT2D eigenvalue weighted by Crippen LogP contribution is 2.22. The van der Waals surface area contributed by atoms with E-state index in [4.69, 9.17) is 4.42 Å². The Morgan fingerprint density at radius 1 is 1.50 bits per heavy atom. The number of likely N-dealkylation sites (tertiary alicyclic amines) is 1. The average molecular weight is 222 g/mol. The Morgan fingerprint density at radius 2 is 2.19 bits per heavy atom. The molecule has 0 unspecified atom stereocenters. The highest BCUT2D eigenvalue weighted by atomic mass is 16.3. The van der Waals surface area contributed by atoms with Crippen LogP contribution >= 0.6 is 0 Å². The van der Waals surface area contributed by atoms with Gasteiger partial charge in [-0.2, -0.15) is 0 Å². The first-order chi connectivity index (χ1) is 7.64. The number of hydrogen-bond acceptors (Lipinski definition) is 3. The number of carbonyl (C=O) groups excluding carboxylic acids is 1. The molecule has 0 radical (unpaired) electrons. The van der Waals surface area contributed by atoms with Crippen LogP contribution in [-0.2, 0) is 0 Å². The second kappa shape index (κ2) is 4.29. The zero-order valence-corrected chi connectivity index (χ0v) is 9.82. The van der Waals surface area contributed by atoms with Gasteiger partial charge in [0.2, 0.25) is 0 Å². The largest absolute Gasteiger partial charge is 0.459 e. The summed E-state index contributed by atoms with van der Waals surface area (Å²) >= 11 is 0. The molecule has 1 aromatic heterocycles. The summed E-state index contributed by atoms with van der Waals surface area (Å²) in [5.41, 5.74) is 0.167. The summed E-state index contributed by atoms with van der Waals surface area (Å²) in [5, 5.41) is 3.31. The molecule has 4 nitrogen and oxygen atoms in total. The first kappa shape index (κ1) is 11.2. The maximum atomic E-state index is 12.0. The lowest BCUT2D eigenvalue weighted by Crippen LogP contribution is -2.51. The molecule has 2 heterocycles. The van der Waals surface area contributed by atoms with Crippen molar-refractivity contribution < 1.29 is 9.21 Å². The first-order valence-electron chi connectivity index (χ1n) is 5.66. The smallest absolute Gasteiger partial charge is 0.289 e. The number of amides is 1. The van der Waals surface area contributed by atoms with Crippen LogP contribution in [-0.4, -0.2) is 36.5 Å². The summed E-state index contributed by atoms with van der Waals surface area (Å²) in [4.78, 5) is 13.8. The van der Waals surface area contributed by atoms with Crippen LogP contribution in [0.2, 0.25) is 0 Å². The van der Waals surface area contributed by atoms with Crippen LogP contribution in [0.25, 0.3) is 0 Å². The van der Waals surface area contributed by atoms with Crippen molar-refractivity contribution >= 4 is 5.91 Å². The van der Waals surface area contributed by atoms with Gasteiger partial charge in [-0.25, -0.2) is 0 Å². The molecular formula is C12H18N2O2. The summed E-state index contributed by atoms with van der Waals surface area (Å²) in [6.07, 6.45) is 3.50. The van der Waals surface area contributed by atoms with Gasteiger partial charge in [0, 0.05) is 18.6 Å². The second-order valence-electron chi connectivity index (χ2n) is 4.58. The lowest BCUT2D eigenvalue weighted by atomic mass is 9.90. The lowest BCUT2D eigenvalue weighted by molar-refractivity contribution is 0.0630. The summed E-state index contributed by atoms with van der Waals surface area (Å²) in [5.74, 6) is 0.441. The van der Waals surface area contributed by atoms with E-state index in [1.165, 1.54) is 6.26 Å². The molecule has 0 saturated carbocycles. The minimum atomic E-state index is 0.00292. The van der Waals surface area contributed by atoms with E-state index in [9.17, 15) is 4.79 Å². The van der Waals surface area contributed by atoms with Gasteiger partial charge in [0.05, 0.1) is 6.26 Å². The van der Waals surface area contributed by atoms with E-state index in [1.54, 1.807) is 12.1 Å². The normalized spacial score (nSPS) is 19.8. The Hall–Kier alpha value is -1.29. The van der Waals surface area contributed by atoms with Crippen molar-refractivity contribution in [3.8, 4) is 0 Å². The predicted octanol–water partition coefficient (Wildman–Crippen LogP) is 1.49. The molecule has 0 aromatic carbocycles. The summed E-state index contributed by atoms with van der Waals surface area (Å²) < 4.78 is 5.12. The molecule has 0 aliphatic carbocycles. The third-order valence-corrected chi connectivity index (χ3v) is 3.49. The van der Waals surface area contributed by atoms with Crippen molar-refractivity contribution in [2.24, 2.45) is 0 Å². The van der Waals surface area contributed by atoms with Crippen LogP contribution in [0, 0.1) is 0 Å². The molecule has 1 aliphatic rings. The summed E-state index contributed by atoms with van der Waals surface area (Å²) in [6, 6.07) is 3.46. The third kappa shape index (κ3) is 2.11. The highest BCUT2D eigenvalue weighted by molar-refractivity contribution is 5.91. The SMILES string of the molecule is CNC1(C)CCN(C(=O)c2ccco2)CC1. The Kier molecular flexibility index (Phi) is 3.01. The molecule has 1 fully saturated rings. The Bertz CT molecular complexity index is 351. The maximum absolute atomic E-state index is 12.0. The predicted molar refractivity (Wildman–Crippen MR) is 61.3 cm³/mol. The first-order valence-corrected chi connectivity index (χ1v) is 5.66. The second-order valence-corrected chi connectivity index (χ2v) is 4.58. The minimum Gasteiger partial charge on any atom is -0.459 e. The van der Waals surface area contributed by atoms with Gasteiger partial charge in [-0.15, -0.1) is 0 Å². The Balaban J connectivity index is 1.97. The van der Waals surface area contributed by atoms with Gasteiger partial charge in [-0.3, -0.25) is 4.79 Å². The van der Waals surface area contributed by atoms with Gasteiger partial charge >= 0.3 is 0 Å². The van der Waals surface area contributed by atoms with Crippen LogP contribution in [0.5, 0.6) is 0 Å². The molecule has 0 atom stereocenters. The molecule has 1 N–H and O–H groups in total. The van der Waals surface area contributed by atoms with Gasteiger partial charge in [-0.05, 0) is 38.9 Å². The molecule has 16 heavy (non-hydrogen) atoms. The van der Waals surface area contributed by atoms with Crippen LogP contribution in [0.3, 0.4) is 0 Å². The van der Waals surface area contributed by atoms with E-state index >= 15 is 0 Å². The van der Waals surface area contributed by atoms with Crippen molar-refractivity contribution in [1.82, 2.24) is 10.2 Å². The quantitative estimate of drug-likeness (QED) is 0.824. The van der Waals surface area contributed by atoms with Crippen LogP contribution in [0.15, 0.2) is 22.8 Å². The number of nitrogens with one attached hydrogen (secondary N) is 1. The van der Waals surface area contributed by atoms with Gasteiger partial charge in [0.1, 0.15) is 0 Å². The van der Waals surface area contributed by atoms with Crippen molar-refractivity contribution in [3.05, 3.63) is 24.2 Å². The fraction of sp³-hybridized carbons (Fsp3) is 0.583. The number of furan rings is 1. The van der Waals surface area contributed by atoms with E-state index in [0.717, 1.165) is 25.9 Å². The number of hydrogen-bond donors (Lipinski definition) is 1. The van der Waals surface area contributed by atoms with E-state index < -0.39 is 0 Å². The van der Waals surface area contributed by atoms with Gasteiger partial charge < -0.3 is 14.6 Å². The minimum absolute atomic E-state index is 0.00292. The van der Waals surface area contributed by atoms with E-state index in [2.05, 4.69) is 12.2 Å². The number of piperidine rings is 1. The number of nitrogens with zero attached hydrogens (tertiary/aromatic N) is 1. The van der Waals surface area contributed by atoms with Crippen molar-refractivity contribution in [1.29, 1.82) is 0 Å². The van der Waals surface area contributed by atoms with Gasteiger partial charge in [0.15, 0.2) is 5.76 Å². The van der Waals surface area contributed by atoms with Crippen molar-refractivity contribution in [2.75, 3.05) is 20.1 Å². The van der Waals surface area contributed by atoms with E-state index in [-0.39, 0.29) is 11.4 Å². The van der Waals surface area contributed by atoms with Crippen molar-refractivity contribution in [2.45, 2.75) is 25.3 Å². The number of rotatable bonds is 2. The standard InChI is InChI=1S/C12H18N2O2/c1-12(13-2)5-7-14(8-6-12)11(15)10-4-3-9-16-10/h3-4,9,13H,5-8H2,1-2H3. The highest BCUT2D eigenvalue weighted by Gasteiger charge is 2.31. The molecule has 1 amide bonds. The van der Waals surface area contributed by atoms with Crippen LogP contribution in [0.4, 0.5) is 0 Å². The van der Waals surface area contributed by atoms with Crippen molar-refractivity contribution in [3.63, 3.8) is 0 Å². The fourth-order valence-electron chi connectivity index (χ4n) is 2.01. The zero-order valence-electron chi connectivity index (χ0n) is 9.82. The Morgan fingerprint density at radius 3 is 2.69 bits per heavy atom. The molecule has 4 heteroatoms. The van der Waals surface area contributed by atoms with Gasteiger partial charge in [0.25, 0.3) is 5.91 Å². The fourth-order valence-corrected chi connectivity index (χ4v) is 2.01. The van der Waals surface area contributed by atoms with Gasteiger partial charge in [-0.1, -0.05) is 0 Å². The average Bonchev–Trinajstić information content (AvgIpc) is 2.83. The lowest BCUT2D eigenvalue weighted by Gasteiger charge is -2.38. The molecule has 1 aromatic rings. The van der Waals surface area contributed by atoms with Crippen LogP contribution < -0.4 is 5.32 Å². The summed E-state index contributed by atoms with van der Waals surface area (Å²) in [6.45, 7) is 3.77. The molecule has 1 aliphatic heterocycles. The molecule has 1 saturated heterocycles. The molecular weight excluding hydrogens is 204 g/mol. The molecule has 2 rings (SSSR count). The molecule has 0 bridgehead atoms. The third-order valence-electron chi connectivity index (χ3n) is 3.49. The molecule has 88 valence electrons. The Labute approximate surface area is 95.6 Å². The van der Waals surface area contributed by atoms with Crippen LogP contribution in [0.1, 0.15) is 30.3 Å². The van der Waals surface area contributed by atoms with E-state index in [1.807, 2.05) is 11.9 Å². The molecule has 0 spiro atoms. The summed E-state index contributed by atoms with van der Waals surface area (Å²) in [7, 11) is 1.98. The zero-order chi connectivity index (χ0) is 11.6. The monoisotopic (exact) mass is 222 g/mol. The maximum Gasteiger partial charge on any atom is 0.289 e. The van der Waals surface area contributed by atoms with E-state index in [0.29, 0.717) is 5.76 Å². The topological polar surface area (TPSA) is 45.5 Å².